The van der Waals surface area contributed by atoms with E-state index in [9.17, 15) is 0 Å². The zero-order chi connectivity index (χ0) is 6.50. The molecule has 0 aromatic carbocycles. The molecule has 0 atom stereocenters. The molecule has 0 unspecified atom stereocenters. The van der Waals surface area contributed by atoms with Crippen LogP contribution >= 0.6 is 19.7 Å². The van der Waals surface area contributed by atoms with Crippen LogP contribution in [0, 0.1) is 0 Å². The Morgan fingerprint density at radius 2 is 1.38 bits per heavy atom. The van der Waals surface area contributed by atoms with Gasteiger partial charge in [0.1, 0.15) is 0 Å². The number of halogens is 1. The van der Waals surface area contributed by atoms with Crippen LogP contribution in [0.15, 0.2) is 0 Å². The Morgan fingerprint density at radius 1 is 1.38 bits per heavy atom. The van der Waals surface area contributed by atoms with Crippen molar-refractivity contribution in [2.75, 3.05) is 0 Å². The third kappa shape index (κ3) is 127. The quantitative estimate of drug-likeness (QED) is 0.325. The van der Waals surface area contributed by atoms with Gasteiger partial charge in [-0.25, -0.2) is 11.9 Å². The second kappa shape index (κ2) is 8.62. The standard InChI is InChI=1S/Ca.ClO.H3O4P/c;1-2;1-5(2,3)4/h;;(H3,1,2,3,4)/q+2;-1;/p-1. The summed E-state index contributed by atoms with van der Waals surface area (Å²) in [6, 6.07) is 0. The van der Waals surface area contributed by atoms with E-state index >= 15 is 0 Å². The molecule has 8 heteroatoms. The van der Waals surface area contributed by atoms with E-state index in [1.54, 1.807) is 0 Å². The van der Waals surface area contributed by atoms with Crippen LogP contribution in [-0.4, -0.2) is 47.5 Å². The van der Waals surface area contributed by atoms with Gasteiger partial charge in [-0.05, 0) is 0 Å². The van der Waals surface area contributed by atoms with Crippen molar-refractivity contribution >= 4 is 57.4 Å². The Hall–Kier alpha value is 1.62. The first-order valence-electron chi connectivity index (χ1n) is 0.919. The monoisotopic (exact) mass is 188 g/mol. The molecule has 0 aliphatic carbocycles. The van der Waals surface area contributed by atoms with E-state index in [0.29, 0.717) is 0 Å². The summed E-state index contributed by atoms with van der Waals surface area (Å²) < 4.78 is 16.5. The average Bonchev–Trinajstić information content (AvgIpc) is 1.36. The molecule has 0 aliphatic heterocycles. The summed E-state index contributed by atoms with van der Waals surface area (Å²) in [5.74, 6) is 0. The summed E-state index contributed by atoms with van der Waals surface area (Å²) in [4.78, 5) is 22.9. The van der Waals surface area contributed by atoms with E-state index in [1.165, 1.54) is 0 Å². The topological polar surface area (TPSA) is 104 Å². The minimum absolute atomic E-state index is 0. The molecule has 0 fully saturated rings. The van der Waals surface area contributed by atoms with E-state index in [0.717, 1.165) is 0 Å². The average molecular weight is 189 g/mol. The van der Waals surface area contributed by atoms with Gasteiger partial charge in [-0.2, -0.15) is 0 Å². The van der Waals surface area contributed by atoms with E-state index < -0.39 is 7.82 Å². The predicted molar refractivity (Wildman–Crippen MR) is 23.7 cm³/mol. The minimum atomic E-state index is -4.89. The summed E-state index contributed by atoms with van der Waals surface area (Å²) in [6.45, 7) is 0. The second-order valence-corrected chi connectivity index (χ2v) is 1.47. The molecule has 0 aliphatic rings. The van der Waals surface area contributed by atoms with Gasteiger partial charge in [0.2, 0.25) is 0 Å². The van der Waals surface area contributed by atoms with Crippen LogP contribution in [0.2, 0.25) is 0 Å². The molecule has 0 aromatic rings. The van der Waals surface area contributed by atoms with Crippen LogP contribution < -0.4 is 9.55 Å². The molecule has 8 heavy (non-hydrogen) atoms. The minimum Gasteiger partial charge on any atom is -0.769 e. The zero-order valence-corrected chi connectivity index (χ0v) is 7.51. The van der Waals surface area contributed by atoms with E-state index in [4.69, 9.17) is 23.9 Å². The molecule has 0 spiro atoms. The van der Waals surface area contributed by atoms with Gasteiger partial charge in [0, 0.05) is 0 Å². The Balaban J connectivity index is -0.0000000750. The van der Waals surface area contributed by atoms with Crippen molar-refractivity contribution in [1.82, 2.24) is 0 Å². The third-order valence-electron chi connectivity index (χ3n) is 0. The third-order valence-corrected chi connectivity index (χ3v) is 0. The predicted octanol–water partition coefficient (Wildman–Crippen LogP) is -2.44. The van der Waals surface area contributed by atoms with Gasteiger partial charge in [-0.15, -0.1) is 0 Å². The first-order valence-corrected chi connectivity index (χ1v) is 2.76. The SMILES string of the molecule is O=P([O-])(O)O.[Ca+2].[O-]Cl. The molecule has 0 amide bonds. The Morgan fingerprint density at radius 3 is 1.38 bits per heavy atom. The van der Waals surface area contributed by atoms with Crippen LogP contribution in [-0.2, 0) is 4.57 Å². The first kappa shape index (κ1) is 16.3. The molecular formula is H2CaClO5P. The van der Waals surface area contributed by atoms with Crippen molar-refractivity contribution in [3.63, 3.8) is 0 Å². The van der Waals surface area contributed by atoms with Gasteiger partial charge in [0.25, 0.3) is 7.82 Å². The fraction of sp³-hybridized carbons (Fsp3) is 0. The van der Waals surface area contributed by atoms with Crippen molar-refractivity contribution in [1.29, 1.82) is 0 Å². The van der Waals surface area contributed by atoms with Crippen LogP contribution in [0.4, 0.5) is 0 Å². The maximum absolute atomic E-state index is 8.77. The van der Waals surface area contributed by atoms with E-state index in [2.05, 4.69) is 11.9 Å². The van der Waals surface area contributed by atoms with Gasteiger partial charge in [0.05, 0.1) is 0 Å². The molecule has 0 radical (unpaired) electrons. The van der Waals surface area contributed by atoms with Crippen molar-refractivity contribution in [3.05, 3.63) is 0 Å². The molecule has 0 heterocycles. The maximum Gasteiger partial charge on any atom is 2.00 e. The Labute approximate surface area is 80.7 Å². The molecule has 5 nitrogen and oxygen atoms in total. The molecule has 0 bridgehead atoms. The van der Waals surface area contributed by atoms with Crippen molar-refractivity contribution in [2.45, 2.75) is 0 Å². The molecule has 2 N–H and O–H groups in total. The fourth-order valence-electron chi connectivity index (χ4n) is 0. The van der Waals surface area contributed by atoms with Crippen molar-refractivity contribution in [2.24, 2.45) is 0 Å². The summed E-state index contributed by atoms with van der Waals surface area (Å²) >= 11 is 3.39. The molecule has 0 aromatic heterocycles. The summed E-state index contributed by atoms with van der Waals surface area (Å²) in [5.41, 5.74) is 0. The number of hydrogen-bond donors (Lipinski definition) is 2. The largest absolute Gasteiger partial charge is 2.00 e. The number of hydrogen-bond acceptors (Lipinski definition) is 3. The normalized spacial score (nSPS) is 8.12. The summed E-state index contributed by atoms with van der Waals surface area (Å²) in [5, 5.41) is 0. The maximum atomic E-state index is 8.77. The van der Waals surface area contributed by atoms with Crippen LogP contribution in [0.25, 0.3) is 0 Å². The molecule has 46 valence electrons. The zero-order valence-electron chi connectivity index (χ0n) is 3.65. The van der Waals surface area contributed by atoms with Gasteiger partial charge in [-0.1, -0.05) is 0 Å². The van der Waals surface area contributed by atoms with Crippen molar-refractivity contribution in [3.8, 4) is 0 Å². The molecule has 0 saturated carbocycles. The first-order chi connectivity index (χ1) is 3.00. The second-order valence-electron chi connectivity index (χ2n) is 0.491. The molecular weight excluding hydrogens is 186 g/mol. The number of rotatable bonds is 0. The van der Waals surface area contributed by atoms with E-state index in [1.807, 2.05) is 0 Å². The van der Waals surface area contributed by atoms with E-state index in [-0.39, 0.29) is 37.7 Å². The van der Waals surface area contributed by atoms with Crippen LogP contribution in [0.1, 0.15) is 0 Å². The summed E-state index contributed by atoms with van der Waals surface area (Å²) in [6.07, 6.45) is 0. The Kier molecular flexibility index (Phi) is 17.6. The summed E-state index contributed by atoms with van der Waals surface area (Å²) in [7, 11) is -4.89. The van der Waals surface area contributed by atoms with Gasteiger partial charge >= 0.3 is 37.7 Å². The van der Waals surface area contributed by atoms with Gasteiger partial charge < -0.3 is 19.3 Å². The Bertz CT molecular complexity index is 58.6. The van der Waals surface area contributed by atoms with Crippen LogP contribution in [0.5, 0.6) is 0 Å². The van der Waals surface area contributed by atoms with Crippen LogP contribution in [0.3, 0.4) is 0 Å². The van der Waals surface area contributed by atoms with Crippen molar-refractivity contribution < 1.29 is 23.9 Å². The fourth-order valence-corrected chi connectivity index (χ4v) is 0. The molecule has 0 saturated heterocycles. The molecule has 0 rings (SSSR count). The smallest absolute Gasteiger partial charge is 0.769 e. The number of phosphoric acid groups is 1. The van der Waals surface area contributed by atoms with Gasteiger partial charge in [0.15, 0.2) is 0 Å². The van der Waals surface area contributed by atoms with Gasteiger partial charge in [-0.3, -0.25) is 4.57 Å².